The summed E-state index contributed by atoms with van der Waals surface area (Å²) >= 11 is 0. The van der Waals surface area contributed by atoms with Crippen molar-refractivity contribution in [3.8, 4) is 0 Å². The van der Waals surface area contributed by atoms with Crippen LogP contribution in [-0.2, 0) is 0 Å². The normalized spacial score (nSPS) is 26.2. The molecule has 1 unspecified atom stereocenters. The third-order valence-electron chi connectivity index (χ3n) is 6.67. The fraction of sp³-hybridized carbons (Fsp3) is 0.636. The van der Waals surface area contributed by atoms with Crippen molar-refractivity contribution in [1.29, 1.82) is 0 Å². The molecular weight excluding hydrogens is 368 g/mol. The number of likely N-dealkylation sites (tertiary alicyclic amines) is 2. The van der Waals surface area contributed by atoms with E-state index in [1.807, 2.05) is 30.9 Å². The number of carbonyl (C=O) groups excluding carboxylic acids is 1. The lowest BCUT2D eigenvalue weighted by Gasteiger charge is -2.39. The van der Waals surface area contributed by atoms with Gasteiger partial charge >= 0.3 is 0 Å². The molecule has 1 aliphatic carbocycles. The van der Waals surface area contributed by atoms with Crippen LogP contribution in [0.5, 0.6) is 0 Å². The van der Waals surface area contributed by atoms with Crippen molar-refractivity contribution in [1.82, 2.24) is 19.6 Å². The minimum atomic E-state index is -0.509. The number of aromatic nitrogens is 2. The van der Waals surface area contributed by atoms with Crippen molar-refractivity contribution < 1.29 is 15.0 Å². The monoisotopic (exact) mass is 400 g/mol. The first-order chi connectivity index (χ1) is 14.0. The number of piperidine rings is 1. The predicted octanol–water partition coefficient (Wildman–Crippen LogP) is 1.72. The van der Waals surface area contributed by atoms with Gasteiger partial charge < -0.3 is 15.1 Å². The van der Waals surface area contributed by atoms with E-state index in [1.165, 1.54) is 0 Å². The summed E-state index contributed by atoms with van der Waals surface area (Å²) in [4.78, 5) is 17.7. The van der Waals surface area contributed by atoms with Crippen molar-refractivity contribution in [2.75, 3.05) is 26.2 Å². The van der Waals surface area contributed by atoms with E-state index in [1.54, 1.807) is 10.8 Å². The summed E-state index contributed by atoms with van der Waals surface area (Å²) in [6.45, 7) is 6.59. The summed E-state index contributed by atoms with van der Waals surface area (Å²) < 4.78 is 1.80. The molecule has 2 saturated heterocycles. The van der Waals surface area contributed by atoms with Crippen LogP contribution in [0.2, 0.25) is 0 Å². The van der Waals surface area contributed by atoms with Gasteiger partial charge in [-0.05, 0) is 52.2 Å². The zero-order valence-electron chi connectivity index (χ0n) is 17.4. The molecule has 1 aromatic rings. The maximum atomic E-state index is 13.3. The number of rotatable bonds is 4. The van der Waals surface area contributed by atoms with E-state index in [4.69, 9.17) is 0 Å². The Morgan fingerprint density at radius 1 is 1.21 bits per heavy atom. The Balaban J connectivity index is 1.46. The Morgan fingerprint density at radius 3 is 2.66 bits per heavy atom. The van der Waals surface area contributed by atoms with Gasteiger partial charge in [-0.25, -0.2) is 4.68 Å². The molecule has 4 rings (SSSR count). The molecule has 7 heteroatoms. The summed E-state index contributed by atoms with van der Waals surface area (Å²) in [5, 5.41) is 24.1. The number of allylic oxidation sites excluding steroid dienone is 2. The number of aliphatic hydroxyl groups excluding tert-OH is 2. The largest absolute Gasteiger partial charge is 0.395 e. The van der Waals surface area contributed by atoms with Crippen LogP contribution in [0.25, 0.3) is 5.70 Å². The van der Waals surface area contributed by atoms with Gasteiger partial charge in [0.2, 0.25) is 0 Å². The van der Waals surface area contributed by atoms with E-state index in [0.717, 1.165) is 62.4 Å². The molecule has 1 amide bonds. The molecule has 0 bridgehead atoms. The molecule has 0 aromatic carbocycles. The van der Waals surface area contributed by atoms with Crippen LogP contribution in [0.15, 0.2) is 18.2 Å². The quantitative estimate of drug-likeness (QED) is 0.804. The molecule has 158 valence electrons. The maximum Gasteiger partial charge on any atom is 0.257 e. The Bertz CT molecular complexity index is 820. The van der Waals surface area contributed by atoms with Gasteiger partial charge in [0, 0.05) is 37.3 Å². The number of nitrogens with zero attached hydrogens (tertiary/aromatic N) is 4. The van der Waals surface area contributed by atoms with Crippen LogP contribution in [0.1, 0.15) is 53.8 Å². The second-order valence-electron chi connectivity index (χ2n) is 8.51. The molecule has 2 aliphatic heterocycles. The topological polar surface area (TPSA) is 81.8 Å². The van der Waals surface area contributed by atoms with Crippen LogP contribution in [0, 0.1) is 13.8 Å². The third-order valence-corrected chi connectivity index (χ3v) is 6.67. The SMILES string of the molecule is Cc1nn(C2=CC=CC(O)C2)c(C)c1C(=O)N1CCC(N2CCC[C@@H]2CO)CC1. The van der Waals surface area contributed by atoms with Crippen LogP contribution in [0.3, 0.4) is 0 Å². The number of aliphatic hydroxyl groups is 2. The van der Waals surface area contributed by atoms with Gasteiger partial charge in [-0.1, -0.05) is 12.2 Å². The van der Waals surface area contributed by atoms with E-state index >= 15 is 0 Å². The lowest BCUT2D eigenvalue weighted by atomic mass is 10.0. The molecule has 29 heavy (non-hydrogen) atoms. The number of hydrogen-bond acceptors (Lipinski definition) is 5. The molecule has 0 radical (unpaired) electrons. The van der Waals surface area contributed by atoms with Crippen molar-refractivity contribution >= 4 is 11.6 Å². The fourth-order valence-corrected chi connectivity index (χ4v) is 5.13. The van der Waals surface area contributed by atoms with Crippen molar-refractivity contribution in [2.24, 2.45) is 0 Å². The van der Waals surface area contributed by atoms with Crippen molar-refractivity contribution in [3.05, 3.63) is 35.2 Å². The summed E-state index contributed by atoms with van der Waals surface area (Å²) in [6.07, 6.45) is 9.67. The van der Waals surface area contributed by atoms with E-state index in [2.05, 4.69) is 10.00 Å². The van der Waals surface area contributed by atoms with Gasteiger partial charge in [-0.3, -0.25) is 9.69 Å². The first-order valence-electron chi connectivity index (χ1n) is 10.8. The average Bonchev–Trinajstić information content (AvgIpc) is 3.31. The highest BCUT2D eigenvalue weighted by molar-refractivity contribution is 5.96. The molecule has 2 atom stereocenters. The first kappa shape index (κ1) is 20.3. The smallest absolute Gasteiger partial charge is 0.257 e. The molecule has 3 heterocycles. The average molecular weight is 401 g/mol. The number of hydrogen-bond donors (Lipinski definition) is 2. The molecule has 2 fully saturated rings. The lowest BCUT2D eigenvalue weighted by molar-refractivity contribution is 0.0537. The van der Waals surface area contributed by atoms with Gasteiger partial charge in [-0.2, -0.15) is 5.10 Å². The Kier molecular flexibility index (Phi) is 5.90. The Morgan fingerprint density at radius 2 is 1.97 bits per heavy atom. The van der Waals surface area contributed by atoms with Crippen LogP contribution < -0.4 is 0 Å². The molecule has 0 saturated carbocycles. The minimum absolute atomic E-state index is 0.0531. The molecule has 0 spiro atoms. The number of aryl methyl sites for hydroxylation is 1. The Hall–Kier alpha value is -1.96. The number of amides is 1. The van der Waals surface area contributed by atoms with Gasteiger partial charge in [0.25, 0.3) is 5.91 Å². The third kappa shape index (κ3) is 3.91. The van der Waals surface area contributed by atoms with Gasteiger partial charge in [-0.15, -0.1) is 0 Å². The maximum absolute atomic E-state index is 13.3. The second kappa shape index (κ2) is 8.42. The highest BCUT2D eigenvalue weighted by Gasteiger charge is 2.34. The molecule has 3 aliphatic rings. The summed E-state index contributed by atoms with van der Waals surface area (Å²) in [5.74, 6) is 0.0531. The molecule has 2 N–H and O–H groups in total. The molecule has 7 nitrogen and oxygen atoms in total. The van der Waals surface area contributed by atoms with E-state index in [0.29, 0.717) is 18.0 Å². The summed E-state index contributed by atoms with van der Waals surface area (Å²) in [6, 6.07) is 0.752. The zero-order valence-corrected chi connectivity index (χ0v) is 17.4. The predicted molar refractivity (Wildman–Crippen MR) is 111 cm³/mol. The molecular formula is C22H32N4O3. The van der Waals surface area contributed by atoms with Crippen molar-refractivity contribution in [2.45, 2.75) is 64.1 Å². The standard InChI is InChI=1S/C22H32N4O3/c1-15-21(16(2)26(23-15)18-5-3-7-20(28)13-18)22(29)24-11-8-17(9-12-24)25-10-4-6-19(25)14-27/h3,5,7,17,19-20,27-28H,4,6,8-14H2,1-2H3/t19-,20?/m1/s1. The Labute approximate surface area is 172 Å². The highest BCUT2D eigenvalue weighted by atomic mass is 16.3. The first-order valence-corrected chi connectivity index (χ1v) is 10.8. The van der Waals surface area contributed by atoms with Gasteiger partial charge in [0.05, 0.1) is 29.7 Å². The van der Waals surface area contributed by atoms with Crippen LogP contribution in [0.4, 0.5) is 0 Å². The van der Waals surface area contributed by atoms with Gasteiger partial charge in [0.15, 0.2) is 0 Å². The zero-order chi connectivity index (χ0) is 20.5. The summed E-state index contributed by atoms with van der Waals surface area (Å²) in [5.41, 5.74) is 3.16. The van der Waals surface area contributed by atoms with E-state index < -0.39 is 6.10 Å². The van der Waals surface area contributed by atoms with Gasteiger partial charge in [0.1, 0.15) is 0 Å². The van der Waals surface area contributed by atoms with E-state index in [9.17, 15) is 15.0 Å². The van der Waals surface area contributed by atoms with Crippen LogP contribution in [-0.4, -0.2) is 80.1 Å². The molecule has 1 aromatic heterocycles. The summed E-state index contributed by atoms with van der Waals surface area (Å²) in [7, 11) is 0. The highest BCUT2D eigenvalue weighted by Crippen LogP contribution is 2.28. The minimum Gasteiger partial charge on any atom is -0.395 e. The lowest BCUT2D eigenvalue weighted by Crippen LogP contribution is -2.49. The van der Waals surface area contributed by atoms with Crippen LogP contribution >= 0.6 is 0 Å². The van der Waals surface area contributed by atoms with E-state index in [-0.39, 0.29) is 18.6 Å². The second-order valence-corrected chi connectivity index (χ2v) is 8.51. The number of carbonyl (C=O) groups is 1. The van der Waals surface area contributed by atoms with Crippen molar-refractivity contribution in [3.63, 3.8) is 0 Å². The fourth-order valence-electron chi connectivity index (χ4n) is 5.13.